The van der Waals surface area contributed by atoms with Crippen LogP contribution in [0.2, 0.25) is 5.02 Å². The average molecular weight is 296 g/mol. The molecule has 0 aliphatic carbocycles. The molecule has 2 N–H and O–H groups in total. The SMILES string of the molecule is CCOC(=O)c1cc(N)cc(Cl)c1N(CC)CCC#N. The lowest BCUT2D eigenvalue weighted by Gasteiger charge is -2.25. The number of nitrogens with two attached hydrogens (primary N) is 1. The van der Waals surface area contributed by atoms with E-state index in [4.69, 9.17) is 27.3 Å². The Morgan fingerprint density at radius 2 is 2.20 bits per heavy atom. The lowest BCUT2D eigenvalue weighted by Crippen LogP contribution is -2.26. The molecule has 108 valence electrons. The van der Waals surface area contributed by atoms with Crippen molar-refractivity contribution in [3.63, 3.8) is 0 Å². The third-order valence-corrected chi connectivity index (χ3v) is 3.06. The van der Waals surface area contributed by atoms with Crippen molar-refractivity contribution in [2.45, 2.75) is 20.3 Å². The topological polar surface area (TPSA) is 79.3 Å². The molecule has 0 aliphatic rings. The summed E-state index contributed by atoms with van der Waals surface area (Å²) in [5.41, 5.74) is 7.04. The first-order valence-electron chi connectivity index (χ1n) is 6.43. The fraction of sp³-hybridized carbons (Fsp3) is 0.429. The first-order chi connectivity index (χ1) is 9.54. The molecule has 1 aromatic rings. The van der Waals surface area contributed by atoms with Crippen LogP contribution in [0, 0.1) is 11.3 Å². The number of hydrogen-bond donors (Lipinski definition) is 1. The smallest absolute Gasteiger partial charge is 0.340 e. The Labute approximate surface area is 123 Å². The van der Waals surface area contributed by atoms with E-state index in [1.165, 1.54) is 0 Å². The highest BCUT2D eigenvalue weighted by molar-refractivity contribution is 6.34. The lowest BCUT2D eigenvalue weighted by atomic mass is 10.1. The Morgan fingerprint density at radius 1 is 1.50 bits per heavy atom. The second-order valence-corrected chi connectivity index (χ2v) is 4.51. The quantitative estimate of drug-likeness (QED) is 0.645. The number of nitrogen functional groups attached to an aromatic ring is 1. The van der Waals surface area contributed by atoms with Crippen LogP contribution < -0.4 is 10.6 Å². The standard InChI is InChI=1S/C14H18ClN3O2/c1-3-18(7-5-6-16)13-11(14(19)20-4-2)8-10(17)9-12(13)15/h8-9H,3-5,7,17H2,1-2H3. The zero-order valence-corrected chi connectivity index (χ0v) is 12.4. The number of hydrogen-bond acceptors (Lipinski definition) is 5. The number of ether oxygens (including phenoxy) is 1. The van der Waals surface area contributed by atoms with Crippen LogP contribution in [-0.2, 0) is 4.74 Å². The number of anilines is 2. The molecule has 0 fully saturated rings. The highest BCUT2D eigenvalue weighted by Gasteiger charge is 2.20. The molecular formula is C14H18ClN3O2. The van der Waals surface area contributed by atoms with Gasteiger partial charge in [-0.05, 0) is 26.0 Å². The van der Waals surface area contributed by atoms with E-state index in [2.05, 4.69) is 6.07 Å². The van der Waals surface area contributed by atoms with Crippen molar-refractivity contribution in [3.05, 3.63) is 22.7 Å². The molecule has 1 aromatic carbocycles. The predicted octanol–water partition coefficient (Wildman–Crippen LogP) is 2.84. The fourth-order valence-electron chi connectivity index (χ4n) is 1.92. The van der Waals surface area contributed by atoms with Gasteiger partial charge in [-0.1, -0.05) is 11.6 Å². The van der Waals surface area contributed by atoms with Gasteiger partial charge in [0.1, 0.15) is 0 Å². The zero-order chi connectivity index (χ0) is 15.1. The molecule has 0 aliphatic heterocycles. The largest absolute Gasteiger partial charge is 0.462 e. The van der Waals surface area contributed by atoms with E-state index < -0.39 is 5.97 Å². The van der Waals surface area contributed by atoms with Crippen LogP contribution in [0.15, 0.2) is 12.1 Å². The Morgan fingerprint density at radius 3 is 2.75 bits per heavy atom. The van der Waals surface area contributed by atoms with Crippen LogP contribution in [0.4, 0.5) is 11.4 Å². The van der Waals surface area contributed by atoms with Crippen molar-refractivity contribution in [1.82, 2.24) is 0 Å². The van der Waals surface area contributed by atoms with Gasteiger partial charge in [-0.25, -0.2) is 4.79 Å². The lowest BCUT2D eigenvalue weighted by molar-refractivity contribution is 0.0527. The third-order valence-electron chi connectivity index (χ3n) is 2.77. The summed E-state index contributed by atoms with van der Waals surface area (Å²) in [5, 5.41) is 9.09. The maximum Gasteiger partial charge on any atom is 0.340 e. The summed E-state index contributed by atoms with van der Waals surface area (Å²) in [5.74, 6) is -0.466. The molecule has 0 amide bonds. The molecule has 0 saturated heterocycles. The molecule has 20 heavy (non-hydrogen) atoms. The van der Waals surface area contributed by atoms with Gasteiger partial charge in [0.25, 0.3) is 0 Å². The molecule has 6 heteroatoms. The maximum absolute atomic E-state index is 12.0. The molecular weight excluding hydrogens is 278 g/mol. The summed E-state index contributed by atoms with van der Waals surface area (Å²) in [6, 6.07) is 5.22. The number of halogens is 1. The Kier molecular flexibility index (Phi) is 6.13. The number of carbonyl (C=O) groups is 1. The molecule has 1 rings (SSSR count). The molecule has 0 unspecified atom stereocenters. The number of nitrogens with zero attached hydrogens (tertiary/aromatic N) is 2. The van der Waals surface area contributed by atoms with Crippen LogP contribution >= 0.6 is 11.6 Å². The van der Waals surface area contributed by atoms with E-state index in [0.29, 0.717) is 41.5 Å². The molecule has 0 bridgehead atoms. The summed E-state index contributed by atoms with van der Waals surface area (Å²) in [7, 11) is 0. The monoisotopic (exact) mass is 295 g/mol. The van der Waals surface area contributed by atoms with E-state index in [1.54, 1.807) is 19.1 Å². The highest BCUT2D eigenvalue weighted by Crippen LogP contribution is 2.33. The minimum Gasteiger partial charge on any atom is -0.462 e. The van der Waals surface area contributed by atoms with Gasteiger partial charge >= 0.3 is 5.97 Å². The summed E-state index contributed by atoms with van der Waals surface area (Å²) in [4.78, 5) is 13.9. The number of nitriles is 1. The second-order valence-electron chi connectivity index (χ2n) is 4.11. The van der Waals surface area contributed by atoms with Crippen LogP contribution in [0.5, 0.6) is 0 Å². The van der Waals surface area contributed by atoms with Gasteiger partial charge in [0.15, 0.2) is 0 Å². The Hall–Kier alpha value is -1.93. The van der Waals surface area contributed by atoms with Crippen molar-refractivity contribution in [2.24, 2.45) is 0 Å². The van der Waals surface area contributed by atoms with Crippen LogP contribution in [0.1, 0.15) is 30.6 Å². The fourth-order valence-corrected chi connectivity index (χ4v) is 2.27. The first-order valence-corrected chi connectivity index (χ1v) is 6.80. The first kappa shape index (κ1) is 16.1. The molecule has 0 atom stereocenters. The number of rotatable bonds is 6. The van der Waals surface area contributed by atoms with Crippen molar-refractivity contribution < 1.29 is 9.53 Å². The number of esters is 1. The van der Waals surface area contributed by atoms with Crippen LogP contribution in [-0.4, -0.2) is 25.7 Å². The van der Waals surface area contributed by atoms with Crippen molar-refractivity contribution >= 4 is 28.9 Å². The average Bonchev–Trinajstić information content (AvgIpc) is 2.41. The Balaban J connectivity index is 3.27. The van der Waals surface area contributed by atoms with E-state index in [1.807, 2.05) is 11.8 Å². The normalized spacial score (nSPS) is 9.90. The van der Waals surface area contributed by atoms with E-state index >= 15 is 0 Å². The maximum atomic E-state index is 12.0. The summed E-state index contributed by atoms with van der Waals surface area (Å²) in [6.07, 6.45) is 0.344. The summed E-state index contributed by atoms with van der Waals surface area (Å²) >= 11 is 6.22. The van der Waals surface area contributed by atoms with Gasteiger partial charge in [-0.15, -0.1) is 0 Å². The van der Waals surface area contributed by atoms with E-state index in [-0.39, 0.29) is 6.61 Å². The molecule has 5 nitrogen and oxygen atoms in total. The molecule has 0 aromatic heterocycles. The summed E-state index contributed by atoms with van der Waals surface area (Å²) < 4.78 is 5.03. The van der Waals surface area contributed by atoms with Crippen molar-refractivity contribution in [3.8, 4) is 6.07 Å². The minimum absolute atomic E-state index is 0.273. The van der Waals surface area contributed by atoms with Crippen LogP contribution in [0.25, 0.3) is 0 Å². The van der Waals surface area contributed by atoms with Crippen molar-refractivity contribution in [1.29, 1.82) is 5.26 Å². The zero-order valence-electron chi connectivity index (χ0n) is 11.6. The van der Waals surface area contributed by atoms with Gasteiger partial charge in [0, 0.05) is 18.8 Å². The second kappa shape index (κ2) is 7.61. The minimum atomic E-state index is -0.466. The third kappa shape index (κ3) is 3.78. The molecule has 0 radical (unpaired) electrons. The van der Waals surface area contributed by atoms with Gasteiger partial charge in [-0.3, -0.25) is 0 Å². The summed E-state index contributed by atoms with van der Waals surface area (Å²) in [6.45, 7) is 5.05. The van der Waals surface area contributed by atoms with Gasteiger partial charge in [0.2, 0.25) is 0 Å². The number of benzene rings is 1. The number of carbonyl (C=O) groups excluding carboxylic acids is 1. The predicted molar refractivity (Wildman–Crippen MR) is 79.9 cm³/mol. The van der Waals surface area contributed by atoms with E-state index in [9.17, 15) is 4.79 Å². The van der Waals surface area contributed by atoms with Gasteiger partial charge in [-0.2, -0.15) is 5.26 Å². The van der Waals surface area contributed by atoms with E-state index in [0.717, 1.165) is 0 Å². The molecule has 0 heterocycles. The Bertz CT molecular complexity index is 526. The highest BCUT2D eigenvalue weighted by atomic mass is 35.5. The molecule has 0 spiro atoms. The van der Waals surface area contributed by atoms with Crippen molar-refractivity contribution in [2.75, 3.05) is 30.3 Å². The van der Waals surface area contributed by atoms with Gasteiger partial charge in [0.05, 0.1) is 35.4 Å². The van der Waals surface area contributed by atoms with Gasteiger partial charge < -0.3 is 15.4 Å². The molecule has 0 saturated carbocycles. The van der Waals surface area contributed by atoms with Crippen LogP contribution in [0.3, 0.4) is 0 Å².